The van der Waals surface area contributed by atoms with Crippen molar-refractivity contribution in [3.8, 4) is 10.6 Å². The molecule has 1 aliphatic heterocycles. The van der Waals surface area contributed by atoms with E-state index in [-0.39, 0.29) is 82.2 Å². The van der Waals surface area contributed by atoms with Gasteiger partial charge in [0, 0.05) is 19.3 Å². The number of hydrogen-bond acceptors (Lipinski definition) is 4. The number of amides is 1. The summed E-state index contributed by atoms with van der Waals surface area (Å²) in [5, 5.41) is 0. The monoisotopic (exact) mass is 435 g/mol. The van der Waals surface area contributed by atoms with Crippen LogP contribution in [0.1, 0.15) is 33.8 Å². The van der Waals surface area contributed by atoms with E-state index in [4.69, 9.17) is 0 Å². The number of carbonyl (C=O) groups excluding carboxylic acids is 1. The van der Waals surface area contributed by atoms with Crippen molar-refractivity contribution >= 4 is 17.2 Å². The third kappa shape index (κ3) is 4.43. The summed E-state index contributed by atoms with van der Waals surface area (Å²) in [4.78, 5) is 24.9. The van der Waals surface area contributed by atoms with Gasteiger partial charge in [-0.3, -0.25) is 14.8 Å². The third-order valence-corrected chi connectivity index (χ3v) is 4.79. The Bertz CT molecular complexity index is 633. The maximum atomic E-state index is 12.5. The second kappa shape index (κ2) is 8.96. The van der Waals surface area contributed by atoms with E-state index in [0.29, 0.717) is 0 Å². The summed E-state index contributed by atoms with van der Waals surface area (Å²) < 4.78 is 0. The van der Waals surface area contributed by atoms with Gasteiger partial charge in [-0.1, -0.05) is 0 Å². The molecule has 0 unspecified atom stereocenters. The minimum atomic E-state index is 0. The van der Waals surface area contributed by atoms with Crippen molar-refractivity contribution in [2.75, 3.05) is 13.1 Å². The van der Waals surface area contributed by atoms with E-state index >= 15 is 0 Å². The Labute approximate surface area is 195 Å². The summed E-state index contributed by atoms with van der Waals surface area (Å²) in [7, 11) is 0. The van der Waals surface area contributed by atoms with Gasteiger partial charge in [0.1, 0.15) is 0 Å². The second-order valence-corrected chi connectivity index (χ2v) is 6.22. The number of aryl methyl sites for hydroxylation is 2. The molecule has 0 N–H and O–H groups in total. The first-order chi connectivity index (χ1) is 9.65. The van der Waals surface area contributed by atoms with Crippen LogP contribution in [0, 0.1) is 21.3 Å². The molecule has 1 fully saturated rings. The van der Waals surface area contributed by atoms with Gasteiger partial charge < -0.3 is 12.3 Å². The van der Waals surface area contributed by atoms with E-state index in [1.54, 1.807) is 12.4 Å². The molecule has 112 valence electrons. The average Bonchev–Trinajstić information content (AvgIpc) is 3.08. The molecule has 0 saturated carbocycles. The summed E-state index contributed by atoms with van der Waals surface area (Å²) in [5.74, 6) is 0.163. The molecule has 3 rings (SSSR count). The SMILES string of the molecule is Cc1cnc(-c2cc(C)c(C(=O)N3CCCC3)s2)cn1.[CH3-].[Cs+]. The van der Waals surface area contributed by atoms with Crippen LogP contribution >= 0.6 is 11.3 Å². The summed E-state index contributed by atoms with van der Waals surface area (Å²) >= 11 is 1.52. The number of rotatable bonds is 2. The maximum Gasteiger partial charge on any atom is 1.00 e. The van der Waals surface area contributed by atoms with Crippen LogP contribution in [-0.4, -0.2) is 33.9 Å². The van der Waals surface area contributed by atoms with E-state index in [9.17, 15) is 4.79 Å². The van der Waals surface area contributed by atoms with Gasteiger partial charge in [-0.15, -0.1) is 11.3 Å². The molecule has 0 radical (unpaired) electrons. The molecule has 22 heavy (non-hydrogen) atoms. The first-order valence-electron chi connectivity index (χ1n) is 6.84. The van der Waals surface area contributed by atoms with Gasteiger partial charge in [0.15, 0.2) is 0 Å². The first-order valence-corrected chi connectivity index (χ1v) is 7.65. The topological polar surface area (TPSA) is 46.1 Å². The van der Waals surface area contributed by atoms with E-state index in [1.165, 1.54) is 11.3 Å². The van der Waals surface area contributed by atoms with Gasteiger partial charge in [-0.2, -0.15) is 0 Å². The van der Waals surface area contributed by atoms with Crippen LogP contribution in [-0.2, 0) is 0 Å². The van der Waals surface area contributed by atoms with E-state index in [0.717, 1.165) is 52.6 Å². The number of nitrogens with zero attached hydrogens (tertiary/aromatic N) is 3. The maximum absolute atomic E-state index is 12.5. The summed E-state index contributed by atoms with van der Waals surface area (Å²) in [6, 6.07) is 2.04. The van der Waals surface area contributed by atoms with Crippen molar-refractivity contribution < 1.29 is 73.7 Å². The molecule has 1 amide bonds. The fraction of sp³-hybridized carbons (Fsp3) is 0.375. The van der Waals surface area contributed by atoms with Crippen molar-refractivity contribution in [2.24, 2.45) is 0 Å². The zero-order chi connectivity index (χ0) is 14.1. The van der Waals surface area contributed by atoms with Crippen LogP contribution in [0.4, 0.5) is 0 Å². The molecule has 2 aromatic rings. The quantitative estimate of drug-likeness (QED) is 0.647. The van der Waals surface area contributed by atoms with Gasteiger partial charge in [-0.25, -0.2) is 0 Å². The van der Waals surface area contributed by atoms with Crippen LogP contribution in [0.5, 0.6) is 0 Å². The molecule has 1 aliphatic rings. The third-order valence-electron chi connectivity index (χ3n) is 3.54. The fourth-order valence-electron chi connectivity index (χ4n) is 2.40. The van der Waals surface area contributed by atoms with Gasteiger partial charge in [0.2, 0.25) is 0 Å². The van der Waals surface area contributed by atoms with Crippen LogP contribution < -0.4 is 68.9 Å². The van der Waals surface area contributed by atoms with E-state index in [1.807, 2.05) is 24.8 Å². The van der Waals surface area contributed by atoms with Crippen LogP contribution in [0.25, 0.3) is 10.6 Å². The van der Waals surface area contributed by atoms with Gasteiger partial charge in [0.05, 0.1) is 27.3 Å². The van der Waals surface area contributed by atoms with Gasteiger partial charge in [0.25, 0.3) is 5.91 Å². The minimum Gasteiger partial charge on any atom is -0.358 e. The molecule has 0 bridgehead atoms. The second-order valence-electron chi connectivity index (χ2n) is 5.17. The van der Waals surface area contributed by atoms with Gasteiger partial charge in [-0.05, 0) is 38.3 Å². The molecular formula is C16H20CsN3OS. The Morgan fingerprint density at radius 1 is 1.18 bits per heavy atom. The van der Waals surface area contributed by atoms with Crippen LogP contribution in [0.2, 0.25) is 0 Å². The molecule has 0 aliphatic carbocycles. The molecule has 1 saturated heterocycles. The smallest absolute Gasteiger partial charge is 0.358 e. The van der Waals surface area contributed by atoms with E-state index < -0.39 is 0 Å². The number of carbonyl (C=O) groups is 1. The van der Waals surface area contributed by atoms with E-state index in [2.05, 4.69) is 9.97 Å². The first kappa shape index (κ1) is 20.3. The molecule has 3 heterocycles. The van der Waals surface area contributed by atoms with Crippen molar-refractivity contribution in [3.05, 3.63) is 42.0 Å². The van der Waals surface area contributed by atoms with Crippen molar-refractivity contribution in [3.63, 3.8) is 0 Å². The zero-order valence-electron chi connectivity index (χ0n) is 13.7. The summed E-state index contributed by atoms with van der Waals surface area (Å²) in [6.45, 7) is 5.68. The molecule has 4 nitrogen and oxygen atoms in total. The Hall–Kier alpha value is 0.302. The summed E-state index contributed by atoms with van der Waals surface area (Å²) in [5.41, 5.74) is 2.77. The van der Waals surface area contributed by atoms with Crippen molar-refractivity contribution in [2.45, 2.75) is 26.7 Å². The number of aromatic nitrogens is 2. The molecule has 0 atom stereocenters. The molecule has 2 aromatic heterocycles. The predicted octanol–water partition coefficient (Wildman–Crippen LogP) is 0.512. The predicted molar refractivity (Wildman–Crippen MR) is 86.4 cm³/mol. The normalized spacial score (nSPS) is 13.5. The molecular weight excluding hydrogens is 415 g/mol. The Morgan fingerprint density at radius 2 is 1.86 bits per heavy atom. The standard InChI is InChI=1S/C15H17N3OS.CH3.Cs/c1-10-7-13(12-9-16-11(2)8-17-12)20-14(10)15(19)18-5-3-4-6-18;;/h7-9H,3-6H2,1-2H3;1H3;/q;-1;+1. The van der Waals surface area contributed by atoms with Crippen molar-refractivity contribution in [1.82, 2.24) is 14.9 Å². The van der Waals surface area contributed by atoms with Crippen LogP contribution in [0.15, 0.2) is 18.5 Å². The largest absolute Gasteiger partial charge is 1.00 e. The van der Waals surface area contributed by atoms with Crippen LogP contribution in [0.3, 0.4) is 0 Å². The van der Waals surface area contributed by atoms with Crippen molar-refractivity contribution in [1.29, 1.82) is 0 Å². The Morgan fingerprint density at radius 3 is 2.45 bits per heavy atom. The zero-order valence-corrected chi connectivity index (χ0v) is 20.8. The number of likely N-dealkylation sites (tertiary alicyclic amines) is 1. The average molecular weight is 435 g/mol. The molecule has 0 aromatic carbocycles. The fourth-order valence-corrected chi connectivity index (χ4v) is 3.51. The Kier molecular flexibility index (Phi) is 8.29. The van der Waals surface area contributed by atoms with Gasteiger partial charge >= 0.3 is 68.9 Å². The number of thiophene rings is 1. The minimum absolute atomic E-state index is 0. The summed E-state index contributed by atoms with van der Waals surface area (Å²) in [6.07, 6.45) is 5.76. The molecule has 0 spiro atoms. The number of hydrogen-bond donors (Lipinski definition) is 0. The molecule has 6 heteroatoms. The Balaban J connectivity index is 0.00000121.